The molecule has 15 nitrogen and oxygen atoms in total. The molecule has 0 spiro atoms. The summed E-state index contributed by atoms with van der Waals surface area (Å²) in [7, 11) is 2.75. The van der Waals surface area contributed by atoms with Crippen LogP contribution in [0.25, 0.3) is 0 Å². The molecule has 446 valence electrons. The monoisotopic (exact) mass is 1130 g/mol. The fourth-order valence-corrected chi connectivity index (χ4v) is 10.8. The summed E-state index contributed by atoms with van der Waals surface area (Å²) in [5.41, 5.74) is 0.357. The zero-order chi connectivity index (χ0) is 59.5. The van der Waals surface area contributed by atoms with Crippen molar-refractivity contribution in [3.63, 3.8) is 0 Å². The maximum absolute atomic E-state index is 13.2. The predicted molar refractivity (Wildman–Crippen MR) is 327 cm³/mol. The normalized spacial score (nSPS) is 12.2. The average Bonchev–Trinajstić information content (AvgIpc) is 3.61. The fraction of sp³-hybridized carbons (Fsp3) is 0.597. The number of carbonyl (C=O) groups is 2. The number of esters is 2. The maximum atomic E-state index is 13.2. The number of hydrogen-bond acceptors (Lipinski definition) is 13. The van der Waals surface area contributed by atoms with Crippen molar-refractivity contribution in [3.05, 3.63) is 103 Å². The van der Waals surface area contributed by atoms with Crippen LogP contribution in [0.2, 0.25) is 0 Å². The Balaban J connectivity index is 1.24. The number of unbranched alkanes of at least 4 members (excludes halogenated alkanes) is 22. The van der Waals surface area contributed by atoms with Gasteiger partial charge >= 0.3 is 11.9 Å². The van der Waals surface area contributed by atoms with Crippen LogP contribution in [0.4, 0.5) is 22.7 Å². The molecule has 2 aromatic heterocycles. The molecule has 0 aliphatic rings. The molecular weight excluding hydrogens is 1030 g/mol. The third-order valence-corrected chi connectivity index (χ3v) is 16.0. The number of carbonyl (C=O) groups excluding carboxylic acids is 2. The summed E-state index contributed by atoms with van der Waals surface area (Å²) in [6, 6.07) is 15.3. The minimum Gasteiger partial charge on any atom is -0.493 e. The van der Waals surface area contributed by atoms with Crippen LogP contribution in [-0.2, 0) is 23.6 Å². The molecule has 2 aromatic carbocycles. The highest BCUT2D eigenvalue weighted by molar-refractivity contribution is 5.95. The lowest BCUT2D eigenvalue weighted by Gasteiger charge is -2.28. The van der Waals surface area contributed by atoms with E-state index in [0.29, 0.717) is 18.8 Å². The van der Waals surface area contributed by atoms with Crippen LogP contribution in [-0.4, -0.2) is 44.5 Å². The van der Waals surface area contributed by atoms with Gasteiger partial charge in [0, 0.05) is 25.2 Å². The minimum atomic E-state index is -0.608. The first kappa shape index (κ1) is 67.6. The SMILES string of the molecule is C#Cc1c(C)c(N=Nc2ccccc2C(=O)OCCCCCCCCC(CCCCCCCCC)C(CCCCCCCCC)CCCCCCCCOC(=O)c2ccccc2N=Nc2c(C)c(C#N)c(O)n(C)c2=O)c(=O)n(C)c1O. The number of azo groups is 2. The molecule has 0 radical (unpaired) electrons. The molecule has 0 bridgehead atoms. The van der Waals surface area contributed by atoms with Gasteiger partial charge in [0.25, 0.3) is 11.1 Å². The van der Waals surface area contributed by atoms with Gasteiger partial charge in [0.15, 0.2) is 11.4 Å². The van der Waals surface area contributed by atoms with Gasteiger partial charge in [-0.2, -0.15) is 5.26 Å². The quantitative estimate of drug-likeness (QED) is 0.0187. The van der Waals surface area contributed by atoms with Crippen molar-refractivity contribution in [1.29, 1.82) is 5.26 Å². The average molecular weight is 1130 g/mol. The first-order valence-corrected chi connectivity index (χ1v) is 30.9. The summed E-state index contributed by atoms with van der Waals surface area (Å²) in [4.78, 5) is 52.1. The molecule has 0 amide bonds. The Hall–Kier alpha value is -6.87. The van der Waals surface area contributed by atoms with E-state index in [1.807, 2.05) is 6.07 Å². The number of nitrogens with zero attached hydrogens (tertiary/aromatic N) is 7. The summed E-state index contributed by atoms with van der Waals surface area (Å²) in [5, 5.41) is 46.7. The van der Waals surface area contributed by atoms with Gasteiger partial charge in [-0.15, -0.1) is 26.9 Å². The van der Waals surface area contributed by atoms with E-state index in [1.54, 1.807) is 55.5 Å². The molecule has 2 heterocycles. The molecule has 4 aromatic rings. The number of nitriles is 1. The van der Waals surface area contributed by atoms with Crippen molar-refractivity contribution in [2.45, 2.75) is 220 Å². The van der Waals surface area contributed by atoms with Gasteiger partial charge in [0.05, 0.1) is 29.9 Å². The molecule has 2 atom stereocenters. The topological polar surface area (TPSA) is 210 Å². The van der Waals surface area contributed by atoms with Crippen LogP contribution >= 0.6 is 0 Å². The Morgan fingerprint density at radius 2 is 0.829 bits per heavy atom. The molecule has 0 saturated carbocycles. The van der Waals surface area contributed by atoms with E-state index in [0.717, 1.165) is 72.3 Å². The number of aromatic nitrogens is 2. The zero-order valence-electron chi connectivity index (χ0n) is 50.5. The molecule has 0 aliphatic carbocycles. The third kappa shape index (κ3) is 22.1. The van der Waals surface area contributed by atoms with Crippen LogP contribution in [0, 0.1) is 49.4 Å². The first-order valence-electron chi connectivity index (χ1n) is 30.9. The van der Waals surface area contributed by atoms with Crippen LogP contribution in [0.5, 0.6) is 11.8 Å². The smallest absolute Gasteiger partial charge is 0.340 e. The Kier molecular flexibility index (Phi) is 32.0. The van der Waals surface area contributed by atoms with E-state index in [4.69, 9.17) is 15.9 Å². The van der Waals surface area contributed by atoms with Crippen LogP contribution in [0.1, 0.15) is 249 Å². The number of aromatic hydroxyl groups is 2. The van der Waals surface area contributed by atoms with E-state index in [2.05, 4.69) is 40.2 Å². The van der Waals surface area contributed by atoms with E-state index < -0.39 is 28.9 Å². The molecular formula is C67H95N7O8. The van der Waals surface area contributed by atoms with Gasteiger partial charge in [-0.25, -0.2) is 9.59 Å². The van der Waals surface area contributed by atoms with E-state index >= 15 is 0 Å². The Morgan fingerprint density at radius 3 is 1.18 bits per heavy atom. The largest absolute Gasteiger partial charge is 0.493 e. The molecule has 2 N–H and O–H groups in total. The van der Waals surface area contributed by atoms with Gasteiger partial charge in [-0.05, 0) is 62.8 Å². The second-order valence-electron chi connectivity index (χ2n) is 22.2. The van der Waals surface area contributed by atoms with Crippen molar-refractivity contribution >= 4 is 34.7 Å². The predicted octanol–water partition coefficient (Wildman–Crippen LogP) is 17.8. The Bertz CT molecular complexity index is 2680. The highest BCUT2D eigenvalue weighted by Gasteiger charge is 2.23. The lowest BCUT2D eigenvalue weighted by Crippen LogP contribution is -2.18. The van der Waals surface area contributed by atoms with Crippen LogP contribution in [0.15, 0.2) is 78.6 Å². The van der Waals surface area contributed by atoms with Gasteiger partial charge in [0.2, 0.25) is 11.8 Å². The van der Waals surface area contributed by atoms with Gasteiger partial charge < -0.3 is 19.7 Å². The van der Waals surface area contributed by atoms with Gasteiger partial charge in [-0.3, -0.25) is 18.7 Å². The van der Waals surface area contributed by atoms with E-state index in [9.17, 15) is 34.7 Å². The number of benzene rings is 2. The number of rotatable bonds is 41. The number of hydrogen-bond donors (Lipinski definition) is 2. The highest BCUT2D eigenvalue weighted by atomic mass is 16.5. The fourth-order valence-electron chi connectivity index (χ4n) is 10.8. The summed E-state index contributed by atoms with van der Waals surface area (Å²) in [6.45, 7) is 8.28. The number of ether oxygens (including phenoxy) is 2. The number of pyridine rings is 2. The van der Waals surface area contributed by atoms with Crippen LogP contribution in [0.3, 0.4) is 0 Å². The maximum Gasteiger partial charge on any atom is 0.340 e. The molecule has 15 heteroatoms. The molecule has 2 unspecified atom stereocenters. The Morgan fingerprint density at radius 1 is 0.512 bits per heavy atom. The van der Waals surface area contributed by atoms with E-state index in [-0.39, 0.29) is 56.4 Å². The lowest BCUT2D eigenvalue weighted by molar-refractivity contribution is 0.0489. The molecule has 4 rings (SSSR count). The summed E-state index contributed by atoms with van der Waals surface area (Å²) in [6.07, 6.45) is 42.3. The summed E-state index contributed by atoms with van der Waals surface area (Å²) in [5.74, 6) is 2.16. The molecule has 82 heavy (non-hydrogen) atoms. The van der Waals surface area contributed by atoms with Crippen molar-refractivity contribution in [2.75, 3.05) is 13.2 Å². The summed E-state index contributed by atoms with van der Waals surface area (Å²) >= 11 is 0. The van der Waals surface area contributed by atoms with Crippen molar-refractivity contribution < 1.29 is 29.3 Å². The van der Waals surface area contributed by atoms with Crippen molar-refractivity contribution in [2.24, 2.45) is 46.4 Å². The zero-order valence-corrected chi connectivity index (χ0v) is 50.5. The van der Waals surface area contributed by atoms with Gasteiger partial charge in [-0.1, -0.05) is 224 Å². The standard InChI is InChI=1S/C67H95N7O8/c1-8-11-13-15-17-23-29-39-52(41-31-25-19-21-27-37-47-81-66(79)55-43-33-35-45-58(55)69-71-60-50(4)54(10-3)62(75)73(6)64(60)77)53(40-30-24-18-16-14-12-9-2)42-32-26-20-22-28-38-48-82-67(80)56-44-34-36-46-59(56)70-72-61-51(5)57(49-68)63(76)74(7)65(61)78/h3,33-36,43-46,52-53,75-76H,8-9,11-32,37-42,47-48H2,1-2,4-7H3. The van der Waals surface area contributed by atoms with Crippen molar-refractivity contribution in [1.82, 2.24) is 9.13 Å². The lowest BCUT2D eigenvalue weighted by atomic mass is 9.78. The molecule has 0 aliphatic heterocycles. The second-order valence-corrected chi connectivity index (χ2v) is 22.2. The van der Waals surface area contributed by atoms with Crippen molar-refractivity contribution in [3.8, 4) is 30.2 Å². The second kappa shape index (κ2) is 38.8. The number of terminal acetylenes is 1. The van der Waals surface area contributed by atoms with Crippen LogP contribution < -0.4 is 11.1 Å². The third-order valence-electron chi connectivity index (χ3n) is 16.0. The molecule has 0 fully saturated rings. The highest BCUT2D eigenvalue weighted by Crippen LogP contribution is 2.35. The minimum absolute atomic E-state index is 0.0105. The molecule has 0 saturated heterocycles. The Labute approximate surface area is 489 Å². The first-order chi connectivity index (χ1) is 39.8. The van der Waals surface area contributed by atoms with E-state index in [1.165, 1.54) is 162 Å². The summed E-state index contributed by atoms with van der Waals surface area (Å²) < 4.78 is 13.3. The van der Waals surface area contributed by atoms with Gasteiger partial charge in [0.1, 0.15) is 23.0 Å².